The van der Waals surface area contributed by atoms with Crippen molar-refractivity contribution in [3.8, 4) is 0 Å². The molecule has 1 heterocycles. The fraction of sp³-hybridized carbons (Fsp3) is 0.636. The molecular weight excluding hydrogens is 250 g/mol. The number of hydrogen-bond acceptors (Lipinski definition) is 7. The van der Waals surface area contributed by atoms with Crippen LogP contribution in [-0.4, -0.2) is 38.7 Å². The molecule has 0 aliphatic heterocycles. The lowest BCUT2D eigenvalue weighted by Crippen LogP contribution is -2.39. The zero-order valence-electron chi connectivity index (χ0n) is 10.7. The van der Waals surface area contributed by atoms with Gasteiger partial charge in [0, 0.05) is 12.6 Å². The molecule has 19 heavy (non-hydrogen) atoms. The maximum atomic E-state index is 10.9. The Balaban J connectivity index is 2.13. The highest BCUT2D eigenvalue weighted by Crippen LogP contribution is 2.28. The lowest BCUT2D eigenvalue weighted by molar-refractivity contribution is -0.384. The van der Waals surface area contributed by atoms with Crippen molar-refractivity contribution in [2.45, 2.75) is 38.3 Å². The van der Waals surface area contributed by atoms with Gasteiger partial charge in [-0.25, -0.2) is 4.98 Å². The third kappa shape index (κ3) is 3.28. The molecule has 0 atom stereocenters. The lowest BCUT2D eigenvalue weighted by atomic mass is 9.89. The molecule has 0 saturated heterocycles. The first-order valence-electron chi connectivity index (χ1n) is 6.30. The van der Waals surface area contributed by atoms with E-state index in [1.54, 1.807) is 0 Å². The van der Waals surface area contributed by atoms with Crippen LogP contribution in [0.2, 0.25) is 0 Å². The van der Waals surface area contributed by atoms with Crippen LogP contribution in [0.25, 0.3) is 0 Å². The van der Waals surface area contributed by atoms with Gasteiger partial charge in [-0.3, -0.25) is 10.1 Å². The van der Waals surface area contributed by atoms with Gasteiger partial charge in [0.1, 0.15) is 6.20 Å². The largest absolute Gasteiger partial charge is 0.393 e. The number of nitro groups is 1. The van der Waals surface area contributed by atoms with E-state index in [0.717, 1.165) is 6.42 Å². The van der Waals surface area contributed by atoms with Crippen LogP contribution in [0.1, 0.15) is 26.2 Å². The maximum Gasteiger partial charge on any atom is 0.329 e. The third-order valence-corrected chi connectivity index (χ3v) is 2.95. The molecule has 1 aliphatic rings. The SMILES string of the molecule is CCCNc1ncc([N+](=O)[O-])c(NC2CC(O)C2)n1. The Kier molecular flexibility index (Phi) is 4.10. The standard InChI is InChI=1S/C11H17N5O3/c1-2-3-12-11-13-6-9(16(18)19)10(15-11)14-7-4-8(17)5-7/h6-8,17H,2-5H2,1H3,(H2,12,13,14,15). The van der Waals surface area contributed by atoms with E-state index in [1.165, 1.54) is 6.20 Å². The minimum Gasteiger partial charge on any atom is -0.393 e. The molecule has 1 aromatic rings. The van der Waals surface area contributed by atoms with E-state index in [0.29, 0.717) is 25.3 Å². The van der Waals surface area contributed by atoms with E-state index < -0.39 is 4.92 Å². The molecule has 1 saturated carbocycles. The van der Waals surface area contributed by atoms with Gasteiger partial charge in [0.15, 0.2) is 0 Å². The first-order valence-corrected chi connectivity index (χ1v) is 6.30. The Morgan fingerprint density at radius 2 is 2.32 bits per heavy atom. The number of hydrogen-bond donors (Lipinski definition) is 3. The van der Waals surface area contributed by atoms with Crippen LogP contribution in [0, 0.1) is 10.1 Å². The Hall–Kier alpha value is -1.96. The number of nitrogens with one attached hydrogen (secondary N) is 2. The fourth-order valence-corrected chi connectivity index (χ4v) is 1.84. The highest BCUT2D eigenvalue weighted by molar-refractivity contribution is 5.57. The third-order valence-electron chi connectivity index (χ3n) is 2.95. The summed E-state index contributed by atoms with van der Waals surface area (Å²) in [5.41, 5.74) is -0.150. The fourth-order valence-electron chi connectivity index (χ4n) is 1.84. The minimum absolute atomic E-state index is 0.0302. The summed E-state index contributed by atoms with van der Waals surface area (Å²) in [7, 11) is 0. The maximum absolute atomic E-state index is 10.9. The molecule has 1 fully saturated rings. The lowest BCUT2D eigenvalue weighted by Gasteiger charge is -2.32. The normalized spacial score (nSPS) is 21.6. The van der Waals surface area contributed by atoms with Crippen LogP contribution in [0.5, 0.6) is 0 Å². The van der Waals surface area contributed by atoms with Gasteiger partial charge < -0.3 is 15.7 Å². The van der Waals surface area contributed by atoms with Crippen molar-refractivity contribution in [2.24, 2.45) is 0 Å². The van der Waals surface area contributed by atoms with E-state index in [2.05, 4.69) is 20.6 Å². The van der Waals surface area contributed by atoms with Crippen molar-refractivity contribution in [1.82, 2.24) is 9.97 Å². The smallest absolute Gasteiger partial charge is 0.329 e. The van der Waals surface area contributed by atoms with Gasteiger partial charge in [0.25, 0.3) is 0 Å². The van der Waals surface area contributed by atoms with Crippen molar-refractivity contribution < 1.29 is 10.0 Å². The van der Waals surface area contributed by atoms with Crippen molar-refractivity contribution >= 4 is 17.5 Å². The van der Waals surface area contributed by atoms with E-state index in [-0.39, 0.29) is 23.7 Å². The summed E-state index contributed by atoms with van der Waals surface area (Å²) in [5.74, 6) is 0.574. The second-order valence-corrected chi connectivity index (χ2v) is 4.58. The molecule has 8 heteroatoms. The van der Waals surface area contributed by atoms with Gasteiger partial charge >= 0.3 is 5.69 Å². The molecule has 0 radical (unpaired) electrons. The molecule has 104 valence electrons. The quantitative estimate of drug-likeness (QED) is 0.523. The summed E-state index contributed by atoms with van der Waals surface area (Å²) in [4.78, 5) is 18.4. The summed E-state index contributed by atoms with van der Waals surface area (Å²) in [5, 5.41) is 26.1. The molecule has 0 bridgehead atoms. The monoisotopic (exact) mass is 267 g/mol. The predicted molar refractivity (Wildman–Crippen MR) is 70.1 cm³/mol. The molecule has 1 aromatic heterocycles. The van der Waals surface area contributed by atoms with E-state index in [9.17, 15) is 15.2 Å². The van der Waals surface area contributed by atoms with Crippen LogP contribution in [-0.2, 0) is 0 Å². The highest BCUT2D eigenvalue weighted by atomic mass is 16.6. The van der Waals surface area contributed by atoms with Crippen LogP contribution >= 0.6 is 0 Å². The molecule has 8 nitrogen and oxygen atoms in total. The molecule has 0 amide bonds. The summed E-state index contributed by atoms with van der Waals surface area (Å²) < 4.78 is 0. The van der Waals surface area contributed by atoms with Gasteiger partial charge in [0.2, 0.25) is 11.8 Å². The van der Waals surface area contributed by atoms with E-state index >= 15 is 0 Å². The Morgan fingerprint density at radius 1 is 1.58 bits per heavy atom. The van der Waals surface area contributed by atoms with Gasteiger partial charge in [-0.2, -0.15) is 4.98 Å². The molecule has 3 N–H and O–H groups in total. The zero-order valence-corrected chi connectivity index (χ0v) is 10.7. The number of anilines is 2. The van der Waals surface area contributed by atoms with Crippen molar-refractivity contribution in [3.05, 3.63) is 16.3 Å². The van der Waals surface area contributed by atoms with Gasteiger partial charge in [-0.05, 0) is 19.3 Å². The minimum atomic E-state index is -0.513. The number of aromatic nitrogens is 2. The number of aliphatic hydroxyl groups is 1. The predicted octanol–water partition coefficient (Wildman–Crippen LogP) is 1.14. The number of nitrogens with zero attached hydrogens (tertiary/aromatic N) is 3. The number of rotatable bonds is 6. The van der Waals surface area contributed by atoms with Crippen molar-refractivity contribution in [2.75, 3.05) is 17.2 Å². The Bertz CT molecular complexity index is 462. The van der Waals surface area contributed by atoms with E-state index in [4.69, 9.17) is 0 Å². The highest BCUT2D eigenvalue weighted by Gasteiger charge is 2.29. The second-order valence-electron chi connectivity index (χ2n) is 4.58. The average Bonchev–Trinajstić information content (AvgIpc) is 2.34. The first-order chi connectivity index (χ1) is 9.10. The van der Waals surface area contributed by atoms with Gasteiger partial charge in [-0.15, -0.1) is 0 Å². The molecule has 2 rings (SSSR count). The molecule has 0 aromatic carbocycles. The van der Waals surface area contributed by atoms with Gasteiger partial charge in [0.05, 0.1) is 11.0 Å². The molecule has 1 aliphatic carbocycles. The summed E-state index contributed by atoms with van der Waals surface area (Å²) in [6.07, 6.45) is 2.95. The Morgan fingerprint density at radius 3 is 2.89 bits per heavy atom. The first kappa shape index (κ1) is 13.5. The van der Waals surface area contributed by atoms with Crippen LogP contribution in [0.15, 0.2) is 6.20 Å². The summed E-state index contributed by atoms with van der Waals surface area (Å²) in [6.45, 7) is 2.71. The summed E-state index contributed by atoms with van der Waals surface area (Å²) in [6, 6.07) is 0.0302. The van der Waals surface area contributed by atoms with Crippen molar-refractivity contribution in [1.29, 1.82) is 0 Å². The van der Waals surface area contributed by atoms with Crippen LogP contribution < -0.4 is 10.6 Å². The number of aliphatic hydroxyl groups excluding tert-OH is 1. The molecular formula is C11H17N5O3. The van der Waals surface area contributed by atoms with Crippen molar-refractivity contribution in [3.63, 3.8) is 0 Å². The average molecular weight is 267 g/mol. The zero-order chi connectivity index (χ0) is 13.8. The molecule has 0 spiro atoms. The van der Waals surface area contributed by atoms with E-state index in [1.807, 2.05) is 6.92 Å². The van der Waals surface area contributed by atoms with Crippen LogP contribution in [0.3, 0.4) is 0 Å². The Labute approximate surface area is 110 Å². The molecule has 0 unspecified atom stereocenters. The topological polar surface area (TPSA) is 113 Å². The van der Waals surface area contributed by atoms with Crippen LogP contribution in [0.4, 0.5) is 17.5 Å². The summed E-state index contributed by atoms with van der Waals surface area (Å²) >= 11 is 0. The second kappa shape index (κ2) is 5.79. The van der Waals surface area contributed by atoms with Gasteiger partial charge in [-0.1, -0.05) is 6.92 Å².